The fourth-order valence-electron chi connectivity index (χ4n) is 4.01. The lowest BCUT2D eigenvalue weighted by molar-refractivity contribution is -0.127. The third-order valence-electron chi connectivity index (χ3n) is 5.39. The van der Waals surface area contributed by atoms with Gasteiger partial charge < -0.3 is 5.32 Å². The third kappa shape index (κ3) is 4.90. The van der Waals surface area contributed by atoms with Gasteiger partial charge in [-0.15, -0.1) is 0 Å². The fraction of sp³-hybridized carbons (Fsp3) is 0.938. The summed E-state index contributed by atoms with van der Waals surface area (Å²) in [6.45, 7) is 7.40. The number of nitrogens with two attached hydrogens (primary N) is 1. The molecule has 2 rings (SSSR count). The Balaban J connectivity index is 1.91. The summed E-state index contributed by atoms with van der Waals surface area (Å²) in [4.78, 5) is 12.6. The minimum atomic E-state index is -3.63. The molecule has 1 heterocycles. The fourth-order valence-corrected chi connectivity index (χ4v) is 4.73. The van der Waals surface area contributed by atoms with E-state index in [0.717, 1.165) is 12.8 Å². The predicted octanol–water partition coefficient (Wildman–Crippen LogP) is 1.62. The van der Waals surface area contributed by atoms with Gasteiger partial charge in [-0.1, -0.05) is 33.6 Å². The molecule has 2 fully saturated rings. The van der Waals surface area contributed by atoms with Crippen LogP contribution in [-0.4, -0.2) is 37.8 Å². The number of hydrogen-bond acceptors (Lipinski definition) is 3. The van der Waals surface area contributed by atoms with Crippen LogP contribution in [0.25, 0.3) is 0 Å². The average Bonchev–Trinajstić information content (AvgIpc) is 2.46. The number of nitrogens with one attached hydrogen (secondary N) is 1. The van der Waals surface area contributed by atoms with Crippen molar-refractivity contribution in [1.29, 1.82) is 0 Å². The molecule has 0 spiro atoms. The first-order valence-corrected chi connectivity index (χ1v) is 10.2. The Morgan fingerprint density at radius 3 is 2.17 bits per heavy atom. The predicted molar refractivity (Wildman–Crippen MR) is 90.7 cm³/mol. The summed E-state index contributed by atoms with van der Waals surface area (Å²) in [6, 6.07) is 0.243. The van der Waals surface area contributed by atoms with Crippen LogP contribution in [0.5, 0.6) is 0 Å². The van der Waals surface area contributed by atoms with Crippen molar-refractivity contribution in [3.8, 4) is 0 Å². The maximum absolute atomic E-state index is 12.6. The number of piperidine rings is 1. The second-order valence-corrected chi connectivity index (χ2v) is 9.64. The molecule has 2 atom stereocenters. The summed E-state index contributed by atoms with van der Waals surface area (Å²) in [5.41, 5.74) is 0.190. The van der Waals surface area contributed by atoms with Crippen LogP contribution in [-0.2, 0) is 15.0 Å². The molecule has 0 aromatic carbocycles. The monoisotopic (exact) mass is 345 g/mol. The van der Waals surface area contributed by atoms with E-state index < -0.39 is 10.2 Å². The van der Waals surface area contributed by atoms with Gasteiger partial charge in [0.15, 0.2) is 0 Å². The maximum atomic E-state index is 12.6. The Kier molecular flexibility index (Phi) is 5.74. The van der Waals surface area contributed by atoms with Crippen LogP contribution in [0.3, 0.4) is 0 Å². The number of hydrogen-bond donors (Lipinski definition) is 2. The van der Waals surface area contributed by atoms with Crippen molar-refractivity contribution < 1.29 is 13.2 Å². The minimum absolute atomic E-state index is 0.0835. The molecule has 6 nitrogen and oxygen atoms in total. The highest BCUT2D eigenvalue weighted by Crippen LogP contribution is 2.38. The first-order valence-electron chi connectivity index (χ1n) is 8.67. The Hall–Kier alpha value is -0.660. The summed E-state index contributed by atoms with van der Waals surface area (Å²) >= 11 is 0. The molecule has 0 aromatic heterocycles. The highest BCUT2D eigenvalue weighted by molar-refractivity contribution is 7.86. The van der Waals surface area contributed by atoms with Crippen LogP contribution < -0.4 is 10.5 Å². The molecule has 2 aliphatic rings. The van der Waals surface area contributed by atoms with E-state index in [9.17, 15) is 13.2 Å². The zero-order valence-corrected chi connectivity index (χ0v) is 15.4. The van der Waals surface area contributed by atoms with E-state index in [0.29, 0.717) is 31.8 Å². The summed E-state index contributed by atoms with van der Waals surface area (Å²) in [6.07, 6.45) is 5.72. The first-order chi connectivity index (χ1) is 10.6. The Bertz CT molecular complexity index is 519. The van der Waals surface area contributed by atoms with Gasteiger partial charge in [-0.2, -0.15) is 12.7 Å². The molecule has 1 aliphatic carbocycles. The molecule has 134 valence electrons. The smallest absolute Gasteiger partial charge is 0.276 e. The van der Waals surface area contributed by atoms with Crippen molar-refractivity contribution in [2.24, 2.45) is 22.4 Å². The lowest BCUT2D eigenvalue weighted by Gasteiger charge is -2.41. The van der Waals surface area contributed by atoms with Crippen molar-refractivity contribution in [2.45, 2.75) is 65.3 Å². The van der Waals surface area contributed by atoms with Crippen LogP contribution in [0.2, 0.25) is 0 Å². The van der Waals surface area contributed by atoms with Gasteiger partial charge in [0, 0.05) is 25.0 Å². The van der Waals surface area contributed by atoms with Crippen molar-refractivity contribution in [3.05, 3.63) is 0 Å². The molecule has 0 radical (unpaired) electrons. The second kappa shape index (κ2) is 7.07. The molecule has 0 aromatic rings. The maximum Gasteiger partial charge on any atom is 0.276 e. The van der Waals surface area contributed by atoms with E-state index in [2.05, 4.69) is 26.1 Å². The molecular formula is C16H31N3O3S. The largest absolute Gasteiger partial charge is 0.353 e. The van der Waals surface area contributed by atoms with Gasteiger partial charge in [0.05, 0.1) is 0 Å². The van der Waals surface area contributed by atoms with E-state index in [4.69, 9.17) is 5.14 Å². The van der Waals surface area contributed by atoms with Crippen LogP contribution in [0.4, 0.5) is 0 Å². The third-order valence-corrected chi connectivity index (χ3v) is 6.48. The second-order valence-electron chi connectivity index (χ2n) is 8.09. The Morgan fingerprint density at radius 1 is 1.09 bits per heavy atom. The van der Waals surface area contributed by atoms with Gasteiger partial charge >= 0.3 is 0 Å². The SMILES string of the molecule is CC(C)(C)[C@@H]1CCCC[C@@H]1NC(=O)C1CCN(S(N)(=O)=O)CC1. The quantitative estimate of drug-likeness (QED) is 0.814. The topological polar surface area (TPSA) is 92.5 Å². The lowest BCUT2D eigenvalue weighted by atomic mass is 9.69. The first kappa shape index (κ1) is 18.7. The summed E-state index contributed by atoms with van der Waals surface area (Å²) in [5, 5.41) is 8.41. The normalized spacial score (nSPS) is 28.5. The molecule has 23 heavy (non-hydrogen) atoms. The average molecular weight is 346 g/mol. The highest BCUT2D eigenvalue weighted by Gasteiger charge is 2.36. The van der Waals surface area contributed by atoms with Gasteiger partial charge in [-0.05, 0) is 37.0 Å². The highest BCUT2D eigenvalue weighted by atomic mass is 32.2. The zero-order chi connectivity index (χ0) is 17.3. The Labute approximate surface area is 140 Å². The standard InChI is InChI=1S/C16H31N3O3S/c1-16(2,3)13-6-4-5-7-14(13)18-15(20)12-8-10-19(11-9-12)23(17,21)22/h12-14H,4-11H2,1-3H3,(H,18,20)(H2,17,21,22)/t13-,14+/m1/s1. The van der Waals surface area contributed by atoms with Crippen LogP contribution in [0, 0.1) is 17.3 Å². The molecule has 1 saturated heterocycles. The molecule has 0 bridgehead atoms. The van der Waals surface area contributed by atoms with Crippen LogP contribution >= 0.6 is 0 Å². The summed E-state index contributed by atoms with van der Waals surface area (Å²) < 4.78 is 23.9. The molecular weight excluding hydrogens is 314 g/mol. The summed E-state index contributed by atoms with van der Waals surface area (Å²) in [7, 11) is -3.63. The van der Waals surface area contributed by atoms with Crippen LogP contribution in [0.15, 0.2) is 0 Å². The number of carbonyl (C=O) groups is 1. The van der Waals surface area contributed by atoms with E-state index in [-0.39, 0.29) is 23.3 Å². The molecule has 7 heteroatoms. The molecule has 1 amide bonds. The number of carbonyl (C=O) groups excluding carboxylic acids is 1. The Morgan fingerprint density at radius 2 is 1.65 bits per heavy atom. The number of rotatable bonds is 3. The van der Waals surface area contributed by atoms with E-state index in [1.807, 2.05) is 0 Å². The molecule has 1 saturated carbocycles. The van der Waals surface area contributed by atoms with E-state index in [1.165, 1.54) is 17.1 Å². The van der Waals surface area contributed by atoms with E-state index in [1.54, 1.807) is 0 Å². The lowest BCUT2D eigenvalue weighted by Crippen LogP contribution is -2.50. The van der Waals surface area contributed by atoms with E-state index >= 15 is 0 Å². The number of amides is 1. The molecule has 0 unspecified atom stereocenters. The van der Waals surface area contributed by atoms with Crippen molar-refractivity contribution in [3.63, 3.8) is 0 Å². The van der Waals surface area contributed by atoms with Gasteiger partial charge in [-0.3, -0.25) is 4.79 Å². The summed E-state index contributed by atoms with van der Waals surface area (Å²) in [5.74, 6) is 0.487. The van der Waals surface area contributed by atoms with Crippen molar-refractivity contribution in [2.75, 3.05) is 13.1 Å². The van der Waals surface area contributed by atoms with Gasteiger partial charge in [0.2, 0.25) is 5.91 Å². The van der Waals surface area contributed by atoms with Gasteiger partial charge in [0.1, 0.15) is 0 Å². The minimum Gasteiger partial charge on any atom is -0.353 e. The van der Waals surface area contributed by atoms with Crippen molar-refractivity contribution >= 4 is 16.1 Å². The van der Waals surface area contributed by atoms with Crippen molar-refractivity contribution in [1.82, 2.24) is 9.62 Å². The van der Waals surface area contributed by atoms with Gasteiger partial charge in [-0.25, -0.2) is 5.14 Å². The number of nitrogens with zero attached hydrogens (tertiary/aromatic N) is 1. The molecule has 1 aliphatic heterocycles. The van der Waals surface area contributed by atoms with Gasteiger partial charge in [0.25, 0.3) is 10.2 Å². The van der Waals surface area contributed by atoms with Crippen LogP contribution in [0.1, 0.15) is 59.3 Å². The zero-order valence-electron chi connectivity index (χ0n) is 14.5. The molecule has 3 N–H and O–H groups in total.